The minimum absolute atomic E-state index is 0.138. The van der Waals surface area contributed by atoms with Gasteiger partial charge in [-0.25, -0.2) is 13.1 Å². The molecule has 0 fully saturated rings. The van der Waals surface area contributed by atoms with Crippen molar-refractivity contribution < 1.29 is 8.42 Å². The van der Waals surface area contributed by atoms with E-state index in [1.54, 1.807) is 0 Å². The van der Waals surface area contributed by atoms with Crippen LogP contribution in [0.25, 0.3) is 0 Å². The first kappa shape index (κ1) is 12.9. The summed E-state index contributed by atoms with van der Waals surface area (Å²) in [5, 5.41) is 3.10. The summed E-state index contributed by atoms with van der Waals surface area (Å²) >= 11 is 0. The topological polar surface area (TPSA) is 58.2 Å². The summed E-state index contributed by atoms with van der Waals surface area (Å²) in [6.45, 7) is 7.64. The Kier molecular flexibility index (Phi) is 4.88. The fourth-order valence-electron chi connectivity index (χ4n) is 0.772. The molecular formula is C8H20N2O2S. The van der Waals surface area contributed by atoms with Crippen molar-refractivity contribution in [2.45, 2.75) is 20.8 Å². The van der Waals surface area contributed by atoms with Crippen LogP contribution in [0.5, 0.6) is 0 Å². The zero-order chi connectivity index (χ0) is 10.5. The quantitative estimate of drug-likeness (QED) is 0.633. The van der Waals surface area contributed by atoms with Gasteiger partial charge < -0.3 is 5.32 Å². The second-order valence-corrected chi connectivity index (χ2v) is 6.31. The van der Waals surface area contributed by atoms with Crippen LogP contribution in [0.3, 0.4) is 0 Å². The Bertz CT molecular complexity index is 229. The number of hydrogen-bond donors (Lipinski definition) is 2. The molecule has 0 heterocycles. The molecule has 13 heavy (non-hydrogen) atoms. The Hall–Kier alpha value is -0.130. The minimum atomic E-state index is -3.05. The van der Waals surface area contributed by atoms with Gasteiger partial charge >= 0.3 is 0 Å². The van der Waals surface area contributed by atoms with Crippen LogP contribution in [-0.4, -0.2) is 34.3 Å². The predicted octanol–water partition coefficient (Wildman–Crippen LogP) is 0.171. The van der Waals surface area contributed by atoms with Crippen LogP contribution < -0.4 is 10.0 Å². The molecule has 0 aromatic heterocycles. The van der Waals surface area contributed by atoms with Gasteiger partial charge in [0.05, 0.1) is 5.75 Å². The highest BCUT2D eigenvalue weighted by Crippen LogP contribution is 2.09. The number of rotatable bonds is 5. The Morgan fingerprint density at radius 2 is 1.77 bits per heavy atom. The lowest BCUT2D eigenvalue weighted by Gasteiger charge is -2.18. The fraction of sp³-hybridized carbons (Fsp3) is 1.00. The molecule has 0 radical (unpaired) electrons. The zero-order valence-corrected chi connectivity index (χ0v) is 9.66. The maximum atomic E-state index is 11.0. The molecule has 0 saturated heterocycles. The molecule has 0 aliphatic rings. The molecule has 0 rings (SSSR count). The maximum absolute atomic E-state index is 11.0. The summed E-state index contributed by atoms with van der Waals surface area (Å²) in [4.78, 5) is 0. The van der Waals surface area contributed by atoms with Crippen molar-refractivity contribution in [1.82, 2.24) is 10.0 Å². The van der Waals surface area contributed by atoms with Crippen molar-refractivity contribution in [3.8, 4) is 0 Å². The monoisotopic (exact) mass is 208 g/mol. The molecule has 0 aliphatic carbocycles. The molecule has 0 saturated carbocycles. The smallest absolute Gasteiger partial charge is 0.212 e. The minimum Gasteiger partial charge on any atom is -0.315 e. The summed E-state index contributed by atoms with van der Waals surface area (Å²) in [5.41, 5.74) is 0.198. The highest BCUT2D eigenvalue weighted by atomic mass is 32.2. The molecule has 5 heteroatoms. The van der Waals surface area contributed by atoms with Crippen molar-refractivity contribution in [2.24, 2.45) is 5.41 Å². The van der Waals surface area contributed by atoms with Crippen molar-refractivity contribution in [3.05, 3.63) is 0 Å². The standard InChI is InChI=1S/C8H20N2O2S/c1-8(2,3)7-10-5-6-13(11,12)9-4/h9-10H,5-7H2,1-4H3. The van der Waals surface area contributed by atoms with Gasteiger partial charge in [-0.05, 0) is 12.5 Å². The van der Waals surface area contributed by atoms with Gasteiger partial charge in [-0.15, -0.1) is 0 Å². The van der Waals surface area contributed by atoms with Gasteiger partial charge in [0.2, 0.25) is 10.0 Å². The van der Waals surface area contributed by atoms with E-state index in [-0.39, 0.29) is 11.2 Å². The summed E-state index contributed by atoms with van der Waals surface area (Å²) in [6, 6.07) is 0. The molecule has 4 nitrogen and oxygen atoms in total. The first-order chi connectivity index (χ1) is 5.77. The highest BCUT2D eigenvalue weighted by Gasteiger charge is 2.10. The molecule has 0 unspecified atom stereocenters. The van der Waals surface area contributed by atoms with Crippen LogP contribution in [0.15, 0.2) is 0 Å². The van der Waals surface area contributed by atoms with E-state index >= 15 is 0 Å². The SMILES string of the molecule is CNS(=O)(=O)CCNCC(C)(C)C. The summed E-state index contributed by atoms with van der Waals surface area (Å²) < 4.78 is 24.2. The lowest BCUT2D eigenvalue weighted by atomic mass is 9.97. The first-order valence-corrected chi connectivity index (χ1v) is 6.04. The molecule has 0 bridgehead atoms. The molecular weight excluding hydrogens is 188 g/mol. The Balaban J connectivity index is 3.59. The number of sulfonamides is 1. The maximum Gasteiger partial charge on any atom is 0.212 e. The summed E-state index contributed by atoms with van der Waals surface area (Å²) in [7, 11) is -1.62. The van der Waals surface area contributed by atoms with Crippen molar-refractivity contribution in [2.75, 3.05) is 25.9 Å². The third-order valence-corrected chi connectivity index (χ3v) is 2.88. The molecule has 0 aliphatic heterocycles. The van der Waals surface area contributed by atoms with Crippen LogP contribution >= 0.6 is 0 Å². The van der Waals surface area contributed by atoms with Crippen LogP contribution in [-0.2, 0) is 10.0 Å². The van der Waals surface area contributed by atoms with Crippen molar-refractivity contribution >= 4 is 10.0 Å². The number of nitrogens with one attached hydrogen (secondary N) is 2. The molecule has 0 aromatic rings. The van der Waals surface area contributed by atoms with Gasteiger partial charge in [-0.2, -0.15) is 0 Å². The molecule has 0 aromatic carbocycles. The van der Waals surface area contributed by atoms with E-state index in [1.807, 2.05) is 0 Å². The Morgan fingerprint density at radius 3 is 2.15 bits per heavy atom. The second kappa shape index (κ2) is 4.93. The van der Waals surface area contributed by atoms with E-state index < -0.39 is 10.0 Å². The Labute approximate surface area is 81.2 Å². The molecule has 2 N–H and O–H groups in total. The van der Waals surface area contributed by atoms with E-state index in [2.05, 4.69) is 30.8 Å². The van der Waals surface area contributed by atoms with E-state index in [0.29, 0.717) is 6.54 Å². The van der Waals surface area contributed by atoms with Crippen LogP contribution in [0.4, 0.5) is 0 Å². The Morgan fingerprint density at radius 1 is 1.23 bits per heavy atom. The number of hydrogen-bond acceptors (Lipinski definition) is 3. The van der Waals surface area contributed by atoms with E-state index in [9.17, 15) is 8.42 Å². The van der Waals surface area contributed by atoms with E-state index in [4.69, 9.17) is 0 Å². The van der Waals surface area contributed by atoms with Crippen LogP contribution in [0, 0.1) is 5.41 Å². The fourth-order valence-corrected chi connectivity index (χ4v) is 1.39. The molecule has 80 valence electrons. The van der Waals surface area contributed by atoms with Crippen molar-refractivity contribution in [3.63, 3.8) is 0 Å². The first-order valence-electron chi connectivity index (χ1n) is 4.39. The van der Waals surface area contributed by atoms with E-state index in [1.165, 1.54) is 7.05 Å². The van der Waals surface area contributed by atoms with Gasteiger partial charge in [0, 0.05) is 13.1 Å². The van der Waals surface area contributed by atoms with E-state index in [0.717, 1.165) is 6.54 Å². The van der Waals surface area contributed by atoms with Gasteiger partial charge in [-0.1, -0.05) is 20.8 Å². The lowest BCUT2D eigenvalue weighted by Crippen LogP contribution is -2.33. The zero-order valence-electron chi connectivity index (χ0n) is 8.85. The average molecular weight is 208 g/mol. The molecule has 0 spiro atoms. The summed E-state index contributed by atoms with van der Waals surface area (Å²) in [6.07, 6.45) is 0. The van der Waals surface area contributed by atoms with Crippen molar-refractivity contribution in [1.29, 1.82) is 0 Å². The third kappa shape index (κ3) is 8.21. The molecule has 0 amide bonds. The normalized spacial score (nSPS) is 13.2. The highest BCUT2D eigenvalue weighted by molar-refractivity contribution is 7.89. The van der Waals surface area contributed by atoms with Gasteiger partial charge in [-0.3, -0.25) is 0 Å². The largest absolute Gasteiger partial charge is 0.315 e. The van der Waals surface area contributed by atoms with Crippen LogP contribution in [0.1, 0.15) is 20.8 Å². The molecule has 0 atom stereocenters. The van der Waals surface area contributed by atoms with Gasteiger partial charge in [0.15, 0.2) is 0 Å². The summed E-state index contributed by atoms with van der Waals surface area (Å²) in [5.74, 6) is 0.138. The van der Waals surface area contributed by atoms with Crippen LogP contribution in [0.2, 0.25) is 0 Å². The van der Waals surface area contributed by atoms with Gasteiger partial charge in [0.25, 0.3) is 0 Å². The second-order valence-electron chi connectivity index (χ2n) is 4.26. The van der Waals surface area contributed by atoms with Gasteiger partial charge in [0.1, 0.15) is 0 Å². The predicted molar refractivity (Wildman–Crippen MR) is 55.2 cm³/mol. The average Bonchev–Trinajstić information content (AvgIpc) is 1.97. The lowest BCUT2D eigenvalue weighted by molar-refractivity contribution is 0.385. The third-order valence-electron chi connectivity index (χ3n) is 1.51.